The van der Waals surface area contributed by atoms with E-state index in [1.807, 2.05) is 30.3 Å². The fraction of sp³-hybridized carbons (Fsp3) is 0.387. The van der Waals surface area contributed by atoms with Gasteiger partial charge >= 0.3 is 0 Å². The molecule has 1 aromatic heterocycles. The van der Waals surface area contributed by atoms with E-state index >= 15 is 0 Å². The van der Waals surface area contributed by atoms with E-state index in [1.165, 1.54) is 5.57 Å². The molecule has 0 radical (unpaired) electrons. The van der Waals surface area contributed by atoms with Crippen molar-refractivity contribution in [3.63, 3.8) is 0 Å². The van der Waals surface area contributed by atoms with Crippen molar-refractivity contribution in [3.05, 3.63) is 96.1 Å². The van der Waals surface area contributed by atoms with Gasteiger partial charge in [-0.2, -0.15) is 0 Å². The van der Waals surface area contributed by atoms with Crippen LogP contribution in [0.2, 0.25) is 0 Å². The van der Waals surface area contributed by atoms with Gasteiger partial charge in [-0.1, -0.05) is 68.8 Å². The summed E-state index contributed by atoms with van der Waals surface area (Å²) in [7, 11) is 0. The van der Waals surface area contributed by atoms with Crippen LogP contribution in [0.1, 0.15) is 56.6 Å². The molecule has 2 aromatic carbocycles. The fourth-order valence-electron chi connectivity index (χ4n) is 4.26. The molecule has 1 aliphatic carbocycles. The van der Waals surface area contributed by atoms with E-state index in [0.717, 1.165) is 80.3 Å². The summed E-state index contributed by atoms with van der Waals surface area (Å²) < 4.78 is 14.2. The summed E-state index contributed by atoms with van der Waals surface area (Å²) in [6, 6.07) is 18.6. The van der Waals surface area contributed by atoms with Crippen molar-refractivity contribution in [3.8, 4) is 11.4 Å². The standard InChI is InChI=1S/C31H39N3O2/c1-3-5-12-31-33-30(26-13-17-28(18-14-26)35-22-9-21-32-4-2)23-34(31)27-15-19-29(20-16-27)36-24-25-10-7-6-8-11-25/h6-8,10-11,13-17,19-20,23,28,32H,3-5,9,12,18,21-22,24H2,1-2H3. The summed E-state index contributed by atoms with van der Waals surface area (Å²) in [5, 5.41) is 3.34. The maximum Gasteiger partial charge on any atom is 0.119 e. The molecule has 0 fully saturated rings. The van der Waals surface area contributed by atoms with Gasteiger partial charge in [0, 0.05) is 24.9 Å². The number of hydrogen-bond donors (Lipinski definition) is 1. The third-order valence-electron chi connectivity index (χ3n) is 6.33. The van der Waals surface area contributed by atoms with Gasteiger partial charge in [0.2, 0.25) is 0 Å². The van der Waals surface area contributed by atoms with Crippen molar-refractivity contribution in [2.24, 2.45) is 0 Å². The molecular weight excluding hydrogens is 446 g/mol. The van der Waals surface area contributed by atoms with Crippen LogP contribution in [0.3, 0.4) is 0 Å². The van der Waals surface area contributed by atoms with Crippen LogP contribution < -0.4 is 10.1 Å². The topological polar surface area (TPSA) is 48.3 Å². The van der Waals surface area contributed by atoms with Gasteiger partial charge in [-0.3, -0.25) is 0 Å². The van der Waals surface area contributed by atoms with Crippen LogP contribution in [-0.2, 0) is 17.8 Å². The first-order valence-corrected chi connectivity index (χ1v) is 13.3. The van der Waals surface area contributed by atoms with Gasteiger partial charge in [-0.05, 0) is 67.8 Å². The van der Waals surface area contributed by atoms with E-state index < -0.39 is 0 Å². The second-order valence-electron chi connectivity index (χ2n) is 9.15. The quantitative estimate of drug-likeness (QED) is 0.264. The van der Waals surface area contributed by atoms with Gasteiger partial charge in [-0.25, -0.2) is 4.98 Å². The van der Waals surface area contributed by atoms with Crippen molar-refractivity contribution in [1.29, 1.82) is 0 Å². The lowest BCUT2D eigenvalue weighted by Crippen LogP contribution is -2.18. The second-order valence-corrected chi connectivity index (χ2v) is 9.15. The number of nitrogens with one attached hydrogen (secondary N) is 1. The number of benzene rings is 2. The summed E-state index contributed by atoms with van der Waals surface area (Å²) >= 11 is 0. The van der Waals surface area contributed by atoms with E-state index in [2.05, 4.69) is 72.4 Å². The molecule has 0 saturated heterocycles. The van der Waals surface area contributed by atoms with E-state index in [1.54, 1.807) is 0 Å². The molecule has 4 rings (SSSR count). The van der Waals surface area contributed by atoms with E-state index in [0.29, 0.717) is 6.61 Å². The highest BCUT2D eigenvalue weighted by Gasteiger charge is 2.15. The Kier molecular flexibility index (Phi) is 9.95. The molecule has 0 bridgehead atoms. The summed E-state index contributed by atoms with van der Waals surface area (Å²) in [5.74, 6) is 1.97. The lowest BCUT2D eigenvalue weighted by atomic mass is 10.0. The third-order valence-corrected chi connectivity index (χ3v) is 6.33. The Labute approximate surface area is 215 Å². The molecule has 1 N–H and O–H groups in total. The molecule has 0 saturated carbocycles. The van der Waals surface area contributed by atoms with Crippen molar-refractivity contribution in [1.82, 2.24) is 14.9 Å². The summed E-state index contributed by atoms with van der Waals surface area (Å²) in [6.45, 7) is 7.71. The first kappa shape index (κ1) is 25.9. The molecule has 5 nitrogen and oxygen atoms in total. The van der Waals surface area contributed by atoms with Crippen LogP contribution in [-0.4, -0.2) is 35.4 Å². The molecule has 1 atom stereocenters. The van der Waals surface area contributed by atoms with Crippen LogP contribution in [0.25, 0.3) is 11.3 Å². The number of nitrogens with zero attached hydrogens (tertiary/aromatic N) is 2. The highest BCUT2D eigenvalue weighted by Crippen LogP contribution is 2.26. The maximum atomic E-state index is 6.02. The summed E-state index contributed by atoms with van der Waals surface area (Å²) in [4.78, 5) is 5.03. The molecule has 1 heterocycles. The van der Waals surface area contributed by atoms with Crippen LogP contribution in [0, 0.1) is 0 Å². The highest BCUT2D eigenvalue weighted by molar-refractivity contribution is 5.73. The molecule has 0 aliphatic heterocycles. The number of aromatic nitrogens is 2. The van der Waals surface area contributed by atoms with Crippen LogP contribution in [0.5, 0.6) is 5.75 Å². The van der Waals surface area contributed by atoms with Gasteiger partial charge in [-0.15, -0.1) is 0 Å². The number of aryl methyl sites for hydroxylation is 1. The number of unbranched alkanes of at least 4 members (excludes halogenated alkanes) is 1. The molecule has 1 unspecified atom stereocenters. The van der Waals surface area contributed by atoms with Gasteiger partial charge < -0.3 is 19.4 Å². The Morgan fingerprint density at radius 1 is 1.03 bits per heavy atom. The number of allylic oxidation sites excluding steroid dienone is 2. The molecule has 0 spiro atoms. The third kappa shape index (κ3) is 7.42. The number of imidazole rings is 1. The number of rotatable bonds is 14. The average Bonchev–Trinajstić information content (AvgIpc) is 3.36. The SMILES string of the molecule is CCCCc1nc(C2=CCC(OCCCNCC)C=C2)cn1-c1ccc(OCc2ccccc2)cc1. The first-order chi connectivity index (χ1) is 17.8. The van der Waals surface area contributed by atoms with Crippen LogP contribution in [0.4, 0.5) is 0 Å². The lowest BCUT2D eigenvalue weighted by molar-refractivity contribution is 0.0849. The molecular formula is C31H39N3O2. The highest BCUT2D eigenvalue weighted by atomic mass is 16.5. The van der Waals surface area contributed by atoms with Gasteiger partial charge in [0.25, 0.3) is 0 Å². The van der Waals surface area contributed by atoms with Crippen molar-refractivity contribution in [2.45, 2.75) is 58.7 Å². The first-order valence-electron chi connectivity index (χ1n) is 13.3. The number of hydrogen-bond acceptors (Lipinski definition) is 4. The molecule has 5 heteroatoms. The zero-order valence-electron chi connectivity index (χ0n) is 21.7. The second kappa shape index (κ2) is 13.8. The Hall–Kier alpha value is -3.15. The molecule has 3 aromatic rings. The van der Waals surface area contributed by atoms with Gasteiger partial charge in [0.15, 0.2) is 0 Å². The smallest absolute Gasteiger partial charge is 0.119 e. The Morgan fingerprint density at radius 2 is 1.86 bits per heavy atom. The molecule has 190 valence electrons. The number of ether oxygens (including phenoxy) is 2. The Bertz CT molecular complexity index is 1120. The van der Waals surface area contributed by atoms with Crippen LogP contribution in [0.15, 0.2) is 79.0 Å². The van der Waals surface area contributed by atoms with Crippen molar-refractivity contribution in [2.75, 3.05) is 19.7 Å². The van der Waals surface area contributed by atoms with Gasteiger partial charge in [0.05, 0.1) is 11.8 Å². The summed E-state index contributed by atoms with van der Waals surface area (Å²) in [5.41, 5.74) is 4.46. The molecule has 0 amide bonds. The monoisotopic (exact) mass is 485 g/mol. The largest absolute Gasteiger partial charge is 0.489 e. The molecule has 1 aliphatic rings. The minimum atomic E-state index is 0.153. The summed E-state index contributed by atoms with van der Waals surface area (Å²) in [6.07, 6.45) is 14.0. The van der Waals surface area contributed by atoms with Gasteiger partial charge in [0.1, 0.15) is 18.2 Å². The van der Waals surface area contributed by atoms with E-state index in [4.69, 9.17) is 14.5 Å². The zero-order chi connectivity index (χ0) is 25.0. The van der Waals surface area contributed by atoms with Crippen molar-refractivity contribution >= 4 is 5.57 Å². The average molecular weight is 486 g/mol. The lowest BCUT2D eigenvalue weighted by Gasteiger charge is -2.16. The predicted octanol–water partition coefficient (Wildman–Crippen LogP) is 6.52. The maximum absolute atomic E-state index is 6.02. The molecule has 36 heavy (non-hydrogen) atoms. The predicted molar refractivity (Wildman–Crippen MR) is 148 cm³/mol. The minimum Gasteiger partial charge on any atom is -0.489 e. The van der Waals surface area contributed by atoms with Crippen LogP contribution >= 0.6 is 0 Å². The minimum absolute atomic E-state index is 0.153. The Balaban J connectivity index is 1.41. The van der Waals surface area contributed by atoms with E-state index in [-0.39, 0.29) is 6.10 Å². The normalized spacial score (nSPS) is 15.2. The van der Waals surface area contributed by atoms with Crippen molar-refractivity contribution < 1.29 is 9.47 Å². The Morgan fingerprint density at radius 3 is 2.58 bits per heavy atom. The van der Waals surface area contributed by atoms with E-state index in [9.17, 15) is 0 Å². The zero-order valence-corrected chi connectivity index (χ0v) is 21.7. The fourth-order valence-corrected chi connectivity index (χ4v) is 4.26.